The predicted molar refractivity (Wildman–Crippen MR) is 146 cm³/mol. The summed E-state index contributed by atoms with van der Waals surface area (Å²) in [7, 11) is -3.41. The first-order valence-electron chi connectivity index (χ1n) is 12.2. The average Bonchev–Trinajstić information content (AvgIpc) is 3.43. The van der Waals surface area contributed by atoms with Crippen molar-refractivity contribution in [3.8, 4) is 39.5 Å². The maximum absolute atomic E-state index is 12.7. The number of sulfone groups is 1. The molecule has 2 aromatic heterocycles. The highest BCUT2D eigenvalue weighted by molar-refractivity contribution is 7.90. The summed E-state index contributed by atoms with van der Waals surface area (Å²) in [6.45, 7) is 5.61. The van der Waals surface area contributed by atoms with Crippen LogP contribution in [0.15, 0.2) is 83.9 Å². The number of rotatable bonds is 6. The van der Waals surface area contributed by atoms with Crippen LogP contribution in [0.4, 0.5) is 13.2 Å². The molecule has 0 spiro atoms. The van der Waals surface area contributed by atoms with Gasteiger partial charge in [-0.05, 0) is 86.5 Å². The van der Waals surface area contributed by atoms with E-state index in [2.05, 4.69) is 14.8 Å². The summed E-state index contributed by atoms with van der Waals surface area (Å²) >= 11 is 0. The molecule has 7 nitrogen and oxygen atoms in total. The van der Waals surface area contributed by atoms with Gasteiger partial charge in [0.2, 0.25) is 0 Å². The Labute approximate surface area is 229 Å². The first-order chi connectivity index (χ1) is 18.8. The third-order valence-electron chi connectivity index (χ3n) is 6.28. The fraction of sp³-hybridized carbons (Fsp3) is 0.172. The van der Waals surface area contributed by atoms with Crippen molar-refractivity contribution in [3.05, 3.63) is 96.2 Å². The van der Waals surface area contributed by atoms with E-state index in [1.165, 1.54) is 24.3 Å². The number of alkyl halides is 3. The Morgan fingerprint density at radius 2 is 1.55 bits per heavy atom. The molecule has 0 unspecified atom stereocenters. The van der Waals surface area contributed by atoms with Crippen LogP contribution in [-0.2, 0) is 9.84 Å². The third-order valence-corrected chi connectivity index (χ3v) is 7.39. The van der Waals surface area contributed by atoms with E-state index >= 15 is 0 Å². The summed E-state index contributed by atoms with van der Waals surface area (Å²) in [4.78, 5) is 4.74. The summed E-state index contributed by atoms with van der Waals surface area (Å²) < 4.78 is 70.1. The van der Waals surface area contributed by atoms with E-state index in [0.717, 1.165) is 34.6 Å². The molecule has 3 aromatic carbocycles. The SMILES string of the molecule is Cc1cn(-c2ccc(-c3cccc(S(C)(=O)=O)c3)cc2-c2cc(C)nn2-c2ccc(OC(F)(F)F)cc2)c(C)n1. The standard InChI is InChI=1S/C29H25F3N4O3S/c1-18-14-28(36(34-18)23-9-11-24(12-10-23)39-29(30,31)32)26-16-22(21-6-5-7-25(15-21)40(4,37)38)8-13-27(26)35-17-19(2)33-20(35)3/h5-17H,1-4H3. The van der Waals surface area contributed by atoms with Gasteiger partial charge in [0.1, 0.15) is 11.6 Å². The van der Waals surface area contributed by atoms with Crippen LogP contribution in [0.2, 0.25) is 0 Å². The number of nitrogens with zero attached hydrogens (tertiary/aromatic N) is 4. The number of halogens is 3. The second kappa shape index (κ2) is 9.98. The van der Waals surface area contributed by atoms with Crippen molar-refractivity contribution in [2.45, 2.75) is 32.0 Å². The first kappa shape index (κ1) is 27.2. The molecular weight excluding hydrogens is 541 g/mol. The van der Waals surface area contributed by atoms with E-state index in [0.29, 0.717) is 22.6 Å². The van der Waals surface area contributed by atoms with Gasteiger partial charge >= 0.3 is 6.36 Å². The molecule has 0 aliphatic carbocycles. The number of hydrogen-bond acceptors (Lipinski definition) is 5. The van der Waals surface area contributed by atoms with Crippen LogP contribution in [0.5, 0.6) is 5.75 Å². The van der Waals surface area contributed by atoms with Crippen LogP contribution in [0.3, 0.4) is 0 Å². The zero-order chi connectivity index (χ0) is 28.8. The molecule has 206 valence electrons. The van der Waals surface area contributed by atoms with Crippen LogP contribution in [0.25, 0.3) is 33.8 Å². The highest BCUT2D eigenvalue weighted by atomic mass is 32.2. The van der Waals surface area contributed by atoms with Gasteiger partial charge in [-0.1, -0.05) is 18.2 Å². The average molecular weight is 567 g/mol. The van der Waals surface area contributed by atoms with Crippen LogP contribution in [0, 0.1) is 20.8 Å². The normalized spacial score (nSPS) is 12.1. The Balaban J connectivity index is 1.70. The third kappa shape index (κ3) is 5.64. The lowest BCUT2D eigenvalue weighted by molar-refractivity contribution is -0.274. The summed E-state index contributed by atoms with van der Waals surface area (Å²) in [6.07, 6.45) is -1.72. The quantitative estimate of drug-likeness (QED) is 0.231. The van der Waals surface area contributed by atoms with Crippen LogP contribution < -0.4 is 4.74 Å². The molecule has 2 heterocycles. The number of imidazole rings is 1. The molecule has 5 rings (SSSR count). The number of aryl methyl sites for hydroxylation is 3. The van der Waals surface area contributed by atoms with Crippen molar-refractivity contribution in [1.82, 2.24) is 19.3 Å². The van der Waals surface area contributed by atoms with Crippen molar-refractivity contribution < 1.29 is 26.3 Å². The largest absolute Gasteiger partial charge is 0.573 e. The highest BCUT2D eigenvalue weighted by Gasteiger charge is 2.31. The van der Waals surface area contributed by atoms with Crippen molar-refractivity contribution >= 4 is 9.84 Å². The van der Waals surface area contributed by atoms with Crippen LogP contribution in [-0.4, -0.2) is 40.4 Å². The van der Waals surface area contributed by atoms with E-state index in [4.69, 9.17) is 0 Å². The lowest BCUT2D eigenvalue weighted by atomic mass is 9.99. The van der Waals surface area contributed by atoms with Gasteiger partial charge in [-0.3, -0.25) is 0 Å². The van der Waals surface area contributed by atoms with Crippen molar-refractivity contribution in [3.63, 3.8) is 0 Å². The number of aromatic nitrogens is 4. The monoisotopic (exact) mass is 566 g/mol. The summed E-state index contributed by atoms with van der Waals surface area (Å²) in [5, 5.41) is 4.62. The van der Waals surface area contributed by atoms with Gasteiger partial charge in [-0.2, -0.15) is 5.10 Å². The van der Waals surface area contributed by atoms with E-state index < -0.39 is 16.2 Å². The van der Waals surface area contributed by atoms with E-state index in [-0.39, 0.29) is 10.6 Å². The highest BCUT2D eigenvalue weighted by Crippen LogP contribution is 2.35. The maximum Gasteiger partial charge on any atom is 0.573 e. The zero-order valence-corrected chi connectivity index (χ0v) is 22.9. The van der Waals surface area contributed by atoms with E-state index in [1.807, 2.05) is 61.9 Å². The fourth-order valence-electron chi connectivity index (χ4n) is 4.58. The van der Waals surface area contributed by atoms with Crippen molar-refractivity contribution in [2.75, 3.05) is 6.26 Å². The lowest BCUT2D eigenvalue weighted by Gasteiger charge is -2.16. The zero-order valence-electron chi connectivity index (χ0n) is 22.1. The summed E-state index contributed by atoms with van der Waals surface area (Å²) in [5.74, 6) is 0.432. The van der Waals surface area contributed by atoms with Gasteiger partial charge in [-0.25, -0.2) is 18.1 Å². The molecule has 5 aromatic rings. The Morgan fingerprint density at radius 3 is 2.17 bits per heavy atom. The molecule has 0 bridgehead atoms. The topological polar surface area (TPSA) is 79.0 Å². The number of benzene rings is 3. The molecule has 0 atom stereocenters. The van der Waals surface area contributed by atoms with Crippen molar-refractivity contribution in [1.29, 1.82) is 0 Å². The first-order valence-corrected chi connectivity index (χ1v) is 14.1. The molecule has 0 N–H and O–H groups in total. The molecule has 0 aliphatic rings. The molecule has 0 radical (unpaired) electrons. The van der Waals surface area contributed by atoms with E-state index in [1.54, 1.807) is 22.9 Å². The summed E-state index contributed by atoms with van der Waals surface area (Å²) in [6, 6.07) is 19.9. The number of ether oxygens (including phenoxy) is 1. The predicted octanol–water partition coefficient (Wildman–Crippen LogP) is 6.62. The lowest BCUT2D eigenvalue weighted by Crippen LogP contribution is -2.17. The van der Waals surface area contributed by atoms with Gasteiger partial charge in [0.25, 0.3) is 0 Å². The van der Waals surface area contributed by atoms with Gasteiger partial charge < -0.3 is 9.30 Å². The molecule has 0 saturated carbocycles. The van der Waals surface area contributed by atoms with Crippen molar-refractivity contribution in [2.24, 2.45) is 0 Å². The molecule has 0 amide bonds. The van der Waals surface area contributed by atoms with Crippen LogP contribution in [0.1, 0.15) is 17.2 Å². The Hall–Kier alpha value is -4.38. The molecular formula is C29H25F3N4O3S. The van der Waals surface area contributed by atoms with Crippen LogP contribution >= 0.6 is 0 Å². The number of hydrogen-bond donors (Lipinski definition) is 0. The Kier molecular flexibility index (Phi) is 6.79. The minimum atomic E-state index is -4.79. The summed E-state index contributed by atoms with van der Waals surface area (Å²) in [5.41, 5.74) is 5.80. The fourth-order valence-corrected chi connectivity index (χ4v) is 5.24. The second-order valence-electron chi connectivity index (χ2n) is 9.46. The van der Waals surface area contributed by atoms with Gasteiger partial charge in [-0.15, -0.1) is 13.2 Å². The van der Waals surface area contributed by atoms with Gasteiger partial charge in [0, 0.05) is 18.0 Å². The Bertz CT molecular complexity index is 1820. The molecule has 40 heavy (non-hydrogen) atoms. The maximum atomic E-state index is 12.7. The minimum Gasteiger partial charge on any atom is -0.406 e. The van der Waals surface area contributed by atoms with Gasteiger partial charge in [0.05, 0.1) is 33.4 Å². The molecule has 0 fully saturated rings. The Morgan fingerprint density at radius 1 is 0.850 bits per heavy atom. The van der Waals surface area contributed by atoms with E-state index in [9.17, 15) is 21.6 Å². The molecule has 0 saturated heterocycles. The second-order valence-corrected chi connectivity index (χ2v) is 11.5. The van der Waals surface area contributed by atoms with Gasteiger partial charge in [0.15, 0.2) is 9.84 Å². The smallest absolute Gasteiger partial charge is 0.406 e. The molecule has 11 heteroatoms. The molecule has 0 aliphatic heterocycles. The minimum absolute atomic E-state index is 0.207.